The van der Waals surface area contributed by atoms with Gasteiger partial charge in [-0.1, -0.05) is 40.0 Å². The van der Waals surface area contributed by atoms with E-state index in [4.69, 9.17) is 0 Å². The van der Waals surface area contributed by atoms with Crippen molar-refractivity contribution in [2.45, 2.75) is 78.6 Å². The molecule has 0 saturated carbocycles. The molecule has 0 aromatic heterocycles. The topological polar surface area (TPSA) is 120 Å². The number of rotatable bonds is 9. The zero-order chi connectivity index (χ0) is 17.1. The Balaban J connectivity index is -0.000000108. The Morgan fingerprint density at radius 1 is 0.591 bits per heavy atom. The van der Waals surface area contributed by atoms with Crippen molar-refractivity contribution in [1.29, 1.82) is 0 Å². The van der Waals surface area contributed by atoms with Gasteiger partial charge in [-0.25, -0.2) is 0 Å². The number of carboxylic acid groups (broad SMARTS) is 3. The summed E-state index contributed by atoms with van der Waals surface area (Å²) in [7, 11) is 0. The molecule has 0 aliphatic heterocycles. The summed E-state index contributed by atoms with van der Waals surface area (Å²) in [5, 5.41) is 28.9. The molecule has 0 aliphatic carbocycles. The molecule has 0 unspecified atom stereocenters. The average Bonchev–Trinajstić information content (AvgIpc) is 2.41. The van der Waals surface area contributed by atoms with Gasteiger partial charge >= 0.3 is 37.7 Å². The first kappa shape index (κ1) is 29.7. The van der Waals surface area contributed by atoms with Gasteiger partial charge in [0.15, 0.2) is 0 Å². The van der Waals surface area contributed by atoms with Crippen molar-refractivity contribution in [3.8, 4) is 0 Å². The molecule has 0 aliphatic rings. The van der Waals surface area contributed by atoms with Crippen LogP contribution in [0.4, 0.5) is 0 Å². The number of hydrogen-bond acceptors (Lipinski definition) is 6. The summed E-state index contributed by atoms with van der Waals surface area (Å²) >= 11 is 0. The van der Waals surface area contributed by atoms with Crippen molar-refractivity contribution >= 4 is 17.9 Å². The normalized spacial score (nSPS) is 8.32. The molecule has 0 radical (unpaired) electrons. The first-order valence-electron chi connectivity index (χ1n) is 7.41. The zero-order valence-electron chi connectivity index (χ0n) is 13.6. The van der Waals surface area contributed by atoms with Gasteiger partial charge in [-0.05, 0) is 38.5 Å². The molecule has 0 bridgehead atoms. The van der Waals surface area contributed by atoms with Crippen molar-refractivity contribution in [1.82, 2.24) is 0 Å². The van der Waals surface area contributed by atoms with E-state index in [1.165, 1.54) is 0 Å². The monoisotopic (exact) mass is 468 g/mol. The molecule has 0 heterocycles. The predicted octanol–water partition coefficient (Wildman–Crippen LogP) is -0.220. The first-order chi connectivity index (χ1) is 9.81. The summed E-state index contributed by atoms with van der Waals surface area (Å²) in [6, 6.07) is 0. The molecule has 0 spiro atoms. The number of hydrogen-bond donors (Lipinski definition) is 0. The summed E-state index contributed by atoms with van der Waals surface area (Å²) in [4.78, 5) is 28.9. The average molecular weight is 468 g/mol. The number of aliphatic carboxylic acids is 3. The van der Waals surface area contributed by atoms with Gasteiger partial charge < -0.3 is 29.7 Å². The largest absolute Gasteiger partial charge is 3.00 e. The van der Waals surface area contributed by atoms with Crippen molar-refractivity contribution < 1.29 is 67.4 Å². The third kappa shape index (κ3) is 50.3. The van der Waals surface area contributed by atoms with Crippen LogP contribution >= 0.6 is 0 Å². The molecule has 0 saturated heterocycles. The second-order valence-corrected chi connectivity index (χ2v) is 4.43. The van der Waals surface area contributed by atoms with Gasteiger partial charge in [-0.3, -0.25) is 0 Å². The van der Waals surface area contributed by atoms with E-state index < -0.39 is 17.9 Å². The Hall–Kier alpha value is -0.330. The SMILES string of the molecule is CCCCC(=O)[O-].CCCCC(=O)[O-].CCCCC(=O)[O-].[Ho+3]. The van der Waals surface area contributed by atoms with E-state index in [1.807, 2.05) is 20.8 Å². The molecule has 134 valence electrons. The van der Waals surface area contributed by atoms with E-state index in [1.54, 1.807) is 0 Å². The van der Waals surface area contributed by atoms with Gasteiger partial charge in [-0.15, -0.1) is 0 Å². The van der Waals surface area contributed by atoms with Crippen LogP contribution in [0.1, 0.15) is 78.6 Å². The maximum absolute atomic E-state index is 9.65. The Morgan fingerprint density at radius 2 is 0.773 bits per heavy atom. The molecule has 0 atom stereocenters. The van der Waals surface area contributed by atoms with E-state index in [0.717, 1.165) is 38.5 Å². The number of carboxylic acids is 3. The predicted molar refractivity (Wildman–Crippen MR) is 73.6 cm³/mol. The minimum Gasteiger partial charge on any atom is -0.550 e. The van der Waals surface area contributed by atoms with Crippen LogP contribution in [0.25, 0.3) is 0 Å². The van der Waals surface area contributed by atoms with Crippen LogP contribution in [0, 0.1) is 37.7 Å². The van der Waals surface area contributed by atoms with Crippen molar-refractivity contribution in [3.05, 3.63) is 0 Å². The minimum atomic E-state index is -0.943. The fourth-order valence-electron chi connectivity index (χ4n) is 0.963. The first-order valence-corrected chi connectivity index (χ1v) is 7.41. The molecule has 7 heteroatoms. The minimum absolute atomic E-state index is 0. The van der Waals surface area contributed by atoms with E-state index in [0.29, 0.717) is 0 Å². The molecule has 0 aromatic rings. The fraction of sp³-hybridized carbons (Fsp3) is 0.800. The molecule has 0 fully saturated rings. The van der Waals surface area contributed by atoms with Crippen LogP contribution in [0.3, 0.4) is 0 Å². The summed E-state index contributed by atoms with van der Waals surface area (Å²) in [6.07, 6.45) is 5.60. The Bertz CT molecular complexity index is 226. The Labute approximate surface area is 163 Å². The summed E-state index contributed by atoms with van der Waals surface area (Å²) < 4.78 is 0. The third-order valence-electron chi connectivity index (χ3n) is 2.20. The maximum Gasteiger partial charge on any atom is 3.00 e. The standard InChI is InChI=1S/3C5H10O2.Ho/c3*1-2-3-4-5(6)7;/h3*2-4H2,1H3,(H,6,7);/q;;;+3/p-3. The van der Waals surface area contributed by atoms with Crippen LogP contribution in [-0.4, -0.2) is 17.9 Å². The number of carbonyl (C=O) groups is 3. The van der Waals surface area contributed by atoms with Gasteiger partial charge in [-0.2, -0.15) is 0 Å². The number of carbonyl (C=O) groups excluding carboxylic acids is 3. The fourth-order valence-corrected chi connectivity index (χ4v) is 0.963. The van der Waals surface area contributed by atoms with Crippen LogP contribution in [0.15, 0.2) is 0 Å². The van der Waals surface area contributed by atoms with Crippen molar-refractivity contribution in [2.24, 2.45) is 0 Å². The molecule has 0 N–H and O–H groups in total. The van der Waals surface area contributed by atoms with Crippen LogP contribution < -0.4 is 15.3 Å². The second-order valence-electron chi connectivity index (χ2n) is 4.43. The molecule has 22 heavy (non-hydrogen) atoms. The molecular weight excluding hydrogens is 441 g/mol. The van der Waals surface area contributed by atoms with Crippen molar-refractivity contribution in [2.75, 3.05) is 0 Å². The zero-order valence-corrected chi connectivity index (χ0v) is 15.5. The summed E-state index contributed by atoms with van der Waals surface area (Å²) in [6.45, 7) is 5.84. The smallest absolute Gasteiger partial charge is 0.550 e. The number of unbranched alkanes of at least 4 members (excludes halogenated alkanes) is 3. The van der Waals surface area contributed by atoms with Crippen LogP contribution in [0.2, 0.25) is 0 Å². The Morgan fingerprint density at radius 3 is 0.818 bits per heavy atom. The van der Waals surface area contributed by atoms with E-state index in [9.17, 15) is 29.7 Å². The van der Waals surface area contributed by atoms with Crippen LogP contribution in [0.5, 0.6) is 0 Å². The van der Waals surface area contributed by atoms with Gasteiger partial charge in [0.1, 0.15) is 0 Å². The molecule has 0 rings (SSSR count). The molecule has 0 amide bonds. The van der Waals surface area contributed by atoms with Gasteiger partial charge in [0.2, 0.25) is 0 Å². The summed E-state index contributed by atoms with van der Waals surface area (Å²) in [5.74, 6) is -2.83. The van der Waals surface area contributed by atoms with E-state index >= 15 is 0 Å². The van der Waals surface area contributed by atoms with Gasteiger partial charge in [0, 0.05) is 17.9 Å². The van der Waals surface area contributed by atoms with Crippen molar-refractivity contribution in [3.63, 3.8) is 0 Å². The quantitative estimate of drug-likeness (QED) is 0.432. The molecule has 6 nitrogen and oxygen atoms in total. The van der Waals surface area contributed by atoms with Gasteiger partial charge in [0.25, 0.3) is 0 Å². The third-order valence-corrected chi connectivity index (χ3v) is 2.20. The van der Waals surface area contributed by atoms with E-state index in [-0.39, 0.29) is 57.0 Å². The second kappa shape index (κ2) is 25.6. The van der Waals surface area contributed by atoms with Crippen LogP contribution in [-0.2, 0) is 14.4 Å². The molecule has 0 aromatic carbocycles. The maximum atomic E-state index is 9.65. The summed E-state index contributed by atoms with van der Waals surface area (Å²) in [5.41, 5.74) is 0. The van der Waals surface area contributed by atoms with E-state index in [2.05, 4.69) is 0 Å². The van der Waals surface area contributed by atoms with Gasteiger partial charge in [0.05, 0.1) is 0 Å². The molecular formula is C15H27HoO6. The Kier molecular flexibility index (Phi) is 34.5.